The minimum absolute atomic E-state index is 0.439. The Balaban J connectivity index is 2.62. The van der Waals surface area contributed by atoms with Crippen LogP contribution in [0.25, 0.3) is 5.65 Å². The van der Waals surface area contributed by atoms with E-state index in [9.17, 15) is 0 Å². The quantitative estimate of drug-likeness (QED) is 0.685. The van der Waals surface area contributed by atoms with Gasteiger partial charge < -0.3 is 0 Å². The Bertz CT molecular complexity index is 436. The summed E-state index contributed by atoms with van der Waals surface area (Å²) in [7, 11) is 0. The Morgan fingerprint density at radius 2 is 2.15 bits per heavy atom. The number of fused-ring (bicyclic) bond motifs is 1. The first-order valence-corrected chi connectivity index (χ1v) is 4.65. The fourth-order valence-electron chi connectivity index (χ4n) is 1.10. The fourth-order valence-corrected chi connectivity index (χ4v) is 1.28. The molecule has 5 heteroatoms. The van der Waals surface area contributed by atoms with Gasteiger partial charge in [0.25, 0.3) is 0 Å². The highest BCUT2D eigenvalue weighted by molar-refractivity contribution is 6.43. The minimum Gasteiger partial charge on any atom is -0.221 e. The van der Waals surface area contributed by atoms with Gasteiger partial charge in [0.15, 0.2) is 16.3 Å². The van der Waals surface area contributed by atoms with Gasteiger partial charge in [-0.1, -0.05) is 29.3 Å². The van der Waals surface area contributed by atoms with Gasteiger partial charge >= 0.3 is 0 Å². The van der Waals surface area contributed by atoms with E-state index < -0.39 is 4.84 Å². The first kappa shape index (κ1) is 8.78. The summed E-state index contributed by atoms with van der Waals surface area (Å²) in [5.41, 5.74) is 1.87. The molecule has 2 rings (SSSR count). The van der Waals surface area contributed by atoms with Crippen LogP contribution < -0.4 is 0 Å². The first-order chi connectivity index (χ1) is 6.16. The summed E-state index contributed by atoms with van der Waals surface area (Å²) in [5.74, 6) is 0.439. The molecule has 2 aromatic heterocycles. The van der Waals surface area contributed by atoms with Crippen molar-refractivity contribution in [1.82, 2.24) is 14.6 Å². The summed E-state index contributed by atoms with van der Waals surface area (Å²) >= 11 is 11.3. The topological polar surface area (TPSA) is 30.2 Å². The Morgan fingerprint density at radius 1 is 1.38 bits per heavy atom. The molecule has 2 aromatic rings. The Morgan fingerprint density at radius 3 is 2.85 bits per heavy atom. The second kappa shape index (κ2) is 3.16. The van der Waals surface area contributed by atoms with Crippen LogP contribution in [0.3, 0.4) is 0 Å². The molecule has 0 spiro atoms. The molecule has 0 aliphatic heterocycles. The van der Waals surface area contributed by atoms with Crippen LogP contribution in [0.2, 0.25) is 0 Å². The van der Waals surface area contributed by atoms with Crippen LogP contribution in [0.5, 0.6) is 0 Å². The van der Waals surface area contributed by atoms with Crippen molar-refractivity contribution in [2.45, 2.75) is 11.8 Å². The normalized spacial score (nSPS) is 11.4. The van der Waals surface area contributed by atoms with Crippen molar-refractivity contribution in [3.63, 3.8) is 0 Å². The summed E-state index contributed by atoms with van der Waals surface area (Å²) in [5, 5.41) is 4.11. The molecule has 0 N–H and O–H groups in total. The lowest BCUT2D eigenvalue weighted by molar-refractivity contribution is 0.910. The second-order valence-electron chi connectivity index (χ2n) is 2.78. The molecule has 0 bridgehead atoms. The number of hydrogen-bond donors (Lipinski definition) is 0. The fraction of sp³-hybridized carbons (Fsp3) is 0.250. The van der Waals surface area contributed by atoms with Crippen molar-refractivity contribution in [3.8, 4) is 0 Å². The van der Waals surface area contributed by atoms with E-state index in [4.69, 9.17) is 23.2 Å². The van der Waals surface area contributed by atoms with Crippen LogP contribution in [-0.2, 0) is 0 Å². The molecule has 0 saturated carbocycles. The van der Waals surface area contributed by atoms with Gasteiger partial charge in [-0.2, -0.15) is 0 Å². The maximum absolute atomic E-state index is 5.64. The number of aryl methyl sites for hydroxylation is 1. The summed E-state index contributed by atoms with van der Waals surface area (Å²) in [6.07, 6.45) is 1.88. The zero-order chi connectivity index (χ0) is 9.42. The SMILES string of the molecule is Cc1ccc2nc(C(Cl)Cl)nn2c1. The van der Waals surface area contributed by atoms with Gasteiger partial charge in [-0.15, -0.1) is 5.10 Å². The van der Waals surface area contributed by atoms with E-state index in [2.05, 4.69) is 10.1 Å². The van der Waals surface area contributed by atoms with E-state index in [0.717, 1.165) is 11.2 Å². The highest BCUT2D eigenvalue weighted by Crippen LogP contribution is 2.21. The standard InChI is InChI=1S/C8H7Cl2N3/c1-5-2-3-6-11-8(7(9)10)12-13(6)4-5/h2-4,7H,1H3. The van der Waals surface area contributed by atoms with Crippen molar-refractivity contribution >= 4 is 28.8 Å². The van der Waals surface area contributed by atoms with Gasteiger partial charge in [0.1, 0.15) is 0 Å². The van der Waals surface area contributed by atoms with E-state index in [1.54, 1.807) is 4.52 Å². The van der Waals surface area contributed by atoms with E-state index in [1.807, 2.05) is 25.3 Å². The van der Waals surface area contributed by atoms with Gasteiger partial charge in [0, 0.05) is 6.20 Å². The summed E-state index contributed by atoms with van der Waals surface area (Å²) in [4.78, 5) is 3.47. The number of pyridine rings is 1. The molecule has 0 amide bonds. The lowest BCUT2D eigenvalue weighted by Gasteiger charge is -1.91. The molecule has 0 aromatic carbocycles. The van der Waals surface area contributed by atoms with Gasteiger partial charge in [-0.3, -0.25) is 0 Å². The molecular formula is C8H7Cl2N3. The molecular weight excluding hydrogens is 209 g/mol. The van der Waals surface area contributed by atoms with E-state index in [-0.39, 0.29) is 0 Å². The van der Waals surface area contributed by atoms with Crippen molar-refractivity contribution in [2.75, 3.05) is 0 Å². The largest absolute Gasteiger partial charge is 0.221 e. The number of aromatic nitrogens is 3. The van der Waals surface area contributed by atoms with Crippen molar-refractivity contribution in [2.24, 2.45) is 0 Å². The van der Waals surface area contributed by atoms with Crippen LogP contribution >= 0.6 is 23.2 Å². The Labute approximate surface area is 85.3 Å². The smallest absolute Gasteiger partial charge is 0.184 e. The van der Waals surface area contributed by atoms with Crippen LogP contribution in [0, 0.1) is 6.92 Å². The van der Waals surface area contributed by atoms with Gasteiger partial charge in [0.05, 0.1) is 0 Å². The maximum atomic E-state index is 5.64. The average Bonchev–Trinajstić information content (AvgIpc) is 2.46. The second-order valence-corrected chi connectivity index (χ2v) is 3.88. The number of nitrogens with zero attached hydrogens (tertiary/aromatic N) is 3. The monoisotopic (exact) mass is 215 g/mol. The Kier molecular flexibility index (Phi) is 2.14. The van der Waals surface area contributed by atoms with Gasteiger partial charge in [-0.05, 0) is 18.6 Å². The van der Waals surface area contributed by atoms with Gasteiger partial charge in [0.2, 0.25) is 0 Å². The number of alkyl halides is 2. The molecule has 68 valence electrons. The molecule has 13 heavy (non-hydrogen) atoms. The predicted molar refractivity (Wildman–Crippen MR) is 52.2 cm³/mol. The third-order valence-corrected chi connectivity index (χ3v) is 2.08. The third-order valence-electron chi connectivity index (χ3n) is 1.69. The minimum atomic E-state index is -0.666. The van der Waals surface area contributed by atoms with E-state index >= 15 is 0 Å². The average molecular weight is 216 g/mol. The maximum Gasteiger partial charge on any atom is 0.184 e. The molecule has 0 radical (unpaired) electrons. The number of hydrogen-bond acceptors (Lipinski definition) is 2. The molecule has 2 heterocycles. The molecule has 0 unspecified atom stereocenters. The van der Waals surface area contributed by atoms with Crippen LogP contribution in [-0.4, -0.2) is 14.6 Å². The number of halogens is 2. The lowest BCUT2D eigenvalue weighted by atomic mass is 10.3. The van der Waals surface area contributed by atoms with Gasteiger partial charge in [-0.25, -0.2) is 9.50 Å². The zero-order valence-corrected chi connectivity index (χ0v) is 8.42. The molecule has 3 nitrogen and oxygen atoms in total. The van der Waals surface area contributed by atoms with Crippen molar-refractivity contribution in [3.05, 3.63) is 29.7 Å². The first-order valence-electron chi connectivity index (χ1n) is 3.78. The van der Waals surface area contributed by atoms with E-state index in [1.165, 1.54) is 0 Å². The highest BCUT2D eigenvalue weighted by Gasteiger charge is 2.10. The van der Waals surface area contributed by atoms with Crippen LogP contribution in [0.1, 0.15) is 16.2 Å². The number of rotatable bonds is 1. The summed E-state index contributed by atoms with van der Waals surface area (Å²) in [6.45, 7) is 1.99. The Hall–Kier alpha value is -0.800. The summed E-state index contributed by atoms with van der Waals surface area (Å²) in [6, 6.07) is 3.84. The van der Waals surface area contributed by atoms with Crippen LogP contribution in [0.4, 0.5) is 0 Å². The van der Waals surface area contributed by atoms with Crippen molar-refractivity contribution < 1.29 is 0 Å². The predicted octanol–water partition coefficient (Wildman–Crippen LogP) is 2.51. The molecule has 0 aliphatic carbocycles. The molecule has 0 fully saturated rings. The van der Waals surface area contributed by atoms with Crippen LogP contribution in [0.15, 0.2) is 18.3 Å². The molecule has 0 atom stereocenters. The zero-order valence-electron chi connectivity index (χ0n) is 6.91. The highest BCUT2D eigenvalue weighted by atomic mass is 35.5. The van der Waals surface area contributed by atoms with E-state index in [0.29, 0.717) is 5.82 Å². The lowest BCUT2D eigenvalue weighted by Crippen LogP contribution is -1.88. The third kappa shape index (κ3) is 1.62. The molecule has 0 aliphatic rings. The molecule has 0 saturated heterocycles. The van der Waals surface area contributed by atoms with Crippen molar-refractivity contribution in [1.29, 1.82) is 0 Å². The summed E-state index contributed by atoms with van der Waals surface area (Å²) < 4.78 is 1.67.